The van der Waals surface area contributed by atoms with Gasteiger partial charge in [-0.2, -0.15) is 0 Å². The highest BCUT2D eigenvalue weighted by atomic mass is 35.5. The van der Waals surface area contributed by atoms with Crippen LogP contribution in [0, 0.1) is 11.7 Å². The standard InChI is InChI=1S/C17H21ClFN3O2/c1-10-8-11(4-6-20-10)16(23)21-15-5-7-22(17(15)24)12-2-3-13(18)14(19)9-12/h2-3,9-11,15,20H,4-8H2,1H3,(H,21,23)/t10-,11-,15?/m0/s1. The minimum absolute atomic E-state index is 0.0234. The first kappa shape index (κ1) is 17.2. The van der Waals surface area contributed by atoms with E-state index < -0.39 is 11.9 Å². The molecule has 0 saturated carbocycles. The quantitative estimate of drug-likeness (QED) is 0.874. The average molecular weight is 354 g/mol. The molecule has 3 atom stereocenters. The van der Waals surface area contributed by atoms with Crippen molar-refractivity contribution in [2.75, 3.05) is 18.0 Å². The van der Waals surface area contributed by atoms with Gasteiger partial charge in [-0.05, 0) is 50.9 Å². The Morgan fingerprint density at radius 1 is 1.42 bits per heavy atom. The molecule has 1 unspecified atom stereocenters. The second-order valence-corrected chi connectivity index (χ2v) is 6.92. The highest BCUT2D eigenvalue weighted by molar-refractivity contribution is 6.30. The van der Waals surface area contributed by atoms with Crippen molar-refractivity contribution in [1.29, 1.82) is 0 Å². The number of halogens is 2. The van der Waals surface area contributed by atoms with Crippen LogP contribution in [-0.4, -0.2) is 37.0 Å². The molecule has 7 heteroatoms. The molecule has 0 radical (unpaired) electrons. The van der Waals surface area contributed by atoms with Crippen LogP contribution in [0.2, 0.25) is 5.02 Å². The van der Waals surface area contributed by atoms with Crippen LogP contribution in [0.25, 0.3) is 0 Å². The predicted molar refractivity (Wildman–Crippen MR) is 90.5 cm³/mol. The predicted octanol–water partition coefficient (Wildman–Crippen LogP) is 2.09. The van der Waals surface area contributed by atoms with Crippen LogP contribution in [0.4, 0.5) is 10.1 Å². The zero-order valence-corrected chi connectivity index (χ0v) is 14.3. The van der Waals surface area contributed by atoms with Gasteiger partial charge in [-0.15, -0.1) is 0 Å². The summed E-state index contributed by atoms with van der Waals surface area (Å²) in [6, 6.07) is 4.06. The lowest BCUT2D eigenvalue weighted by Gasteiger charge is -2.28. The topological polar surface area (TPSA) is 61.4 Å². The summed E-state index contributed by atoms with van der Waals surface area (Å²) in [6.45, 7) is 3.32. The van der Waals surface area contributed by atoms with E-state index >= 15 is 0 Å². The maximum Gasteiger partial charge on any atom is 0.249 e. The molecule has 24 heavy (non-hydrogen) atoms. The summed E-state index contributed by atoms with van der Waals surface area (Å²) in [5.41, 5.74) is 0.467. The summed E-state index contributed by atoms with van der Waals surface area (Å²) in [7, 11) is 0. The maximum absolute atomic E-state index is 13.6. The van der Waals surface area contributed by atoms with E-state index in [2.05, 4.69) is 17.6 Å². The molecule has 3 rings (SSSR count). The number of nitrogens with zero attached hydrogens (tertiary/aromatic N) is 1. The highest BCUT2D eigenvalue weighted by Gasteiger charge is 2.35. The van der Waals surface area contributed by atoms with Crippen molar-refractivity contribution in [3.63, 3.8) is 0 Å². The number of amides is 2. The SMILES string of the molecule is C[C@H]1C[C@@H](C(=O)NC2CCN(c3ccc(Cl)c(F)c3)C2=O)CCN1. The van der Waals surface area contributed by atoms with Crippen LogP contribution in [0.15, 0.2) is 18.2 Å². The lowest BCUT2D eigenvalue weighted by Crippen LogP contribution is -2.47. The lowest BCUT2D eigenvalue weighted by molar-refractivity contribution is -0.130. The third-order valence-corrected chi connectivity index (χ3v) is 5.04. The van der Waals surface area contributed by atoms with Crippen LogP contribution in [0.3, 0.4) is 0 Å². The third kappa shape index (κ3) is 3.54. The normalized spacial score (nSPS) is 27.4. The molecule has 5 nitrogen and oxygen atoms in total. The molecule has 2 N–H and O–H groups in total. The largest absolute Gasteiger partial charge is 0.344 e. The first-order chi connectivity index (χ1) is 11.5. The number of carbonyl (C=O) groups is 2. The summed E-state index contributed by atoms with van der Waals surface area (Å²) >= 11 is 5.68. The number of piperidine rings is 1. The summed E-state index contributed by atoms with van der Waals surface area (Å²) < 4.78 is 13.6. The summed E-state index contributed by atoms with van der Waals surface area (Å²) in [6.07, 6.45) is 2.08. The van der Waals surface area contributed by atoms with E-state index in [1.54, 1.807) is 6.07 Å². The molecule has 0 bridgehead atoms. The highest BCUT2D eigenvalue weighted by Crippen LogP contribution is 2.26. The van der Waals surface area contributed by atoms with Crippen molar-refractivity contribution in [2.24, 2.45) is 5.92 Å². The molecule has 1 aromatic rings. The van der Waals surface area contributed by atoms with Crippen LogP contribution in [0.5, 0.6) is 0 Å². The van der Waals surface area contributed by atoms with Gasteiger partial charge in [0.05, 0.1) is 5.02 Å². The van der Waals surface area contributed by atoms with E-state index in [0.717, 1.165) is 19.4 Å². The van der Waals surface area contributed by atoms with E-state index in [4.69, 9.17) is 11.6 Å². The monoisotopic (exact) mass is 353 g/mol. The fourth-order valence-electron chi connectivity index (χ4n) is 3.38. The Balaban J connectivity index is 1.63. The number of carbonyl (C=O) groups excluding carboxylic acids is 2. The first-order valence-electron chi connectivity index (χ1n) is 8.26. The first-order valence-corrected chi connectivity index (χ1v) is 8.63. The smallest absolute Gasteiger partial charge is 0.249 e. The molecule has 1 aromatic carbocycles. The van der Waals surface area contributed by atoms with E-state index in [0.29, 0.717) is 24.7 Å². The van der Waals surface area contributed by atoms with E-state index in [-0.39, 0.29) is 22.8 Å². The van der Waals surface area contributed by atoms with Gasteiger partial charge in [0, 0.05) is 24.2 Å². The molecule has 0 aliphatic carbocycles. The average Bonchev–Trinajstić information content (AvgIpc) is 2.91. The zero-order valence-electron chi connectivity index (χ0n) is 13.5. The molecular formula is C17H21ClFN3O2. The number of rotatable bonds is 3. The summed E-state index contributed by atoms with van der Waals surface area (Å²) in [5, 5.41) is 6.20. The second-order valence-electron chi connectivity index (χ2n) is 6.51. The van der Waals surface area contributed by atoms with Crippen molar-refractivity contribution in [2.45, 2.75) is 38.3 Å². The Labute approximate surface area is 145 Å². The van der Waals surface area contributed by atoms with Gasteiger partial charge in [-0.3, -0.25) is 9.59 Å². The van der Waals surface area contributed by atoms with E-state index in [9.17, 15) is 14.0 Å². The van der Waals surface area contributed by atoms with Gasteiger partial charge in [0.15, 0.2) is 0 Å². The Morgan fingerprint density at radius 2 is 2.21 bits per heavy atom. The number of nitrogens with one attached hydrogen (secondary N) is 2. The Hall–Kier alpha value is -1.66. The molecule has 2 aliphatic rings. The van der Waals surface area contributed by atoms with Crippen molar-refractivity contribution in [3.8, 4) is 0 Å². The summed E-state index contributed by atoms with van der Waals surface area (Å²) in [5.74, 6) is -0.882. The molecule has 2 aliphatic heterocycles. The maximum atomic E-state index is 13.6. The molecule has 0 spiro atoms. The van der Waals surface area contributed by atoms with Gasteiger partial charge < -0.3 is 15.5 Å². The Morgan fingerprint density at radius 3 is 2.92 bits per heavy atom. The number of hydrogen-bond donors (Lipinski definition) is 2. The molecule has 2 fully saturated rings. The Kier molecular flexibility index (Phi) is 5.06. The Bertz CT molecular complexity index is 655. The third-order valence-electron chi connectivity index (χ3n) is 4.73. The van der Waals surface area contributed by atoms with E-state index in [1.165, 1.54) is 17.0 Å². The fourth-order valence-corrected chi connectivity index (χ4v) is 3.50. The van der Waals surface area contributed by atoms with Crippen LogP contribution < -0.4 is 15.5 Å². The van der Waals surface area contributed by atoms with Gasteiger partial charge in [-0.25, -0.2) is 4.39 Å². The van der Waals surface area contributed by atoms with Crippen LogP contribution in [0.1, 0.15) is 26.2 Å². The van der Waals surface area contributed by atoms with Crippen molar-refractivity contribution < 1.29 is 14.0 Å². The van der Waals surface area contributed by atoms with Crippen molar-refractivity contribution >= 4 is 29.1 Å². The summed E-state index contributed by atoms with van der Waals surface area (Å²) in [4.78, 5) is 26.4. The van der Waals surface area contributed by atoms with Crippen LogP contribution >= 0.6 is 11.6 Å². The molecule has 2 saturated heterocycles. The van der Waals surface area contributed by atoms with Crippen molar-refractivity contribution in [3.05, 3.63) is 29.0 Å². The minimum Gasteiger partial charge on any atom is -0.344 e. The number of anilines is 1. The number of hydrogen-bond acceptors (Lipinski definition) is 3. The molecule has 130 valence electrons. The lowest BCUT2D eigenvalue weighted by atomic mass is 9.92. The van der Waals surface area contributed by atoms with Gasteiger partial charge in [0.2, 0.25) is 11.8 Å². The second kappa shape index (κ2) is 7.07. The number of benzene rings is 1. The van der Waals surface area contributed by atoms with Crippen LogP contribution in [-0.2, 0) is 9.59 Å². The van der Waals surface area contributed by atoms with E-state index in [1.807, 2.05) is 0 Å². The molecule has 0 aromatic heterocycles. The molecule has 2 heterocycles. The van der Waals surface area contributed by atoms with Gasteiger partial charge in [-0.1, -0.05) is 11.6 Å². The molecule has 2 amide bonds. The van der Waals surface area contributed by atoms with Crippen molar-refractivity contribution in [1.82, 2.24) is 10.6 Å². The zero-order chi connectivity index (χ0) is 17.3. The van der Waals surface area contributed by atoms with Gasteiger partial charge >= 0.3 is 0 Å². The van der Waals surface area contributed by atoms with Gasteiger partial charge in [0.25, 0.3) is 0 Å². The molecular weight excluding hydrogens is 333 g/mol. The fraction of sp³-hybridized carbons (Fsp3) is 0.529. The van der Waals surface area contributed by atoms with Gasteiger partial charge in [0.1, 0.15) is 11.9 Å². The minimum atomic E-state index is -0.557.